The van der Waals surface area contributed by atoms with Crippen LogP contribution in [0.1, 0.15) is 22.8 Å². The summed E-state index contributed by atoms with van der Waals surface area (Å²) >= 11 is 7.28. The number of alkyl halides is 3. The minimum atomic E-state index is -4.53. The van der Waals surface area contributed by atoms with E-state index in [2.05, 4.69) is 4.99 Å². The Balaban J connectivity index is 2.05. The molecule has 2 aromatic carbocycles. The summed E-state index contributed by atoms with van der Waals surface area (Å²) in [6, 6.07) is 9.53. The van der Waals surface area contributed by atoms with Crippen LogP contribution in [0.4, 0.5) is 13.2 Å². The number of ether oxygens (including phenoxy) is 1. The molecule has 0 aliphatic rings. The lowest BCUT2D eigenvalue weighted by atomic mass is 10.1. The number of aromatic nitrogens is 1. The molecule has 0 spiro atoms. The molecule has 0 aliphatic carbocycles. The van der Waals surface area contributed by atoms with Gasteiger partial charge in [-0.25, -0.2) is 0 Å². The minimum absolute atomic E-state index is 0.123. The second-order valence-electron chi connectivity index (χ2n) is 5.84. The molecule has 0 saturated heterocycles. The number of nitrogens with zero attached hydrogens (tertiary/aromatic N) is 2. The second-order valence-corrected chi connectivity index (χ2v) is 7.29. The van der Waals surface area contributed by atoms with Gasteiger partial charge in [0.1, 0.15) is 0 Å². The molecule has 3 rings (SSSR count). The van der Waals surface area contributed by atoms with Gasteiger partial charge in [0.2, 0.25) is 0 Å². The summed E-state index contributed by atoms with van der Waals surface area (Å²) in [4.78, 5) is 17.0. The number of benzene rings is 2. The summed E-state index contributed by atoms with van der Waals surface area (Å²) in [6.45, 7) is 3.28. The van der Waals surface area contributed by atoms with Crippen molar-refractivity contribution in [3.63, 3.8) is 0 Å². The molecule has 148 valence electrons. The summed E-state index contributed by atoms with van der Waals surface area (Å²) in [5.41, 5.74) is -0.188. The number of carbonyl (C=O) groups excluding carboxylic acids is 1. The van der Waals surface area contributed by atoms with Gasteiger partial charge in [-0.2, -0.15) is 18.2 Å². The van der Waals surface area contributed by atoms with E-state index < -0.39 is 17.6 Å². The van der Waals surface area contributed by atoms with Crippen molar-refractivity contribution >= 4 is 39.1 Å². The largest absolute Gasteiger partial charge is 0.416 e. The van der Waals surface area contributed by atoms with Gasteiger partial charge in [0, 0.05) is 23.7 Å². The minimum Gasteiger partial charge on any atom is -0.380 e. The molecule has 1 heterocycles. The molecule has 0 fully saturated rings. The number of thiazole rings is 1. The number of carbonyl (C=O) groups is 1. The molecule has 1 amide bonds. The Kier molecular flexibility index (Phi) is 6.22. The van der Waals surface area contributed by atoms with E-state index in [0.717, 1.165) is 22.3 Å². The van der Waals surface area contributed by atoms with E-state index >= 15 is 0 Å². The molecule has 0 unspecified atom stereocenters. The Morgan fingerprint density at radius 2 is 2.04 bits per heavy atom. The quantitative estimate of drug-likeness (QED) is 0.527. The summed E-state index contributed by atoms with van der Waals surface area (Å²) < 4.78 is 46.7. The molecule has 0 aliphatic heterocycles. The van der Waals surface area contributed by atoms with Crippen molar-refractivity contribution in [3.8, 4) is 0 Å². The van der Waals surface area contributed by atoms with E-state index in [-0.39, 0.29) is 5.56 Å². The van der Waals surface area contributed by atoms with Crippen LogP contribution in [0.3, 0.4) is 0 Å². The normalized spacial score (nSPS) is 12.7. The lowest BCUT2D eigenvalue weighted by molar-refractivity contribution is -0.137. The number of halogens is 4. The van der Waals surface area contributed by atoms with E-state index in [1.807, 2.05) is 13.0 Å². The van der Waals surface area contributed by atoms with Crippen LogP contribution in [-0.4, -0.2) is 23.7 Å². The third-order valence-corrected chi connectivity index (χ3v) is 5.22. The third kappa shape index (κ3) is 4.63. The van der Waals surface area contributed by atoms with E-state index in [1.54, 1.807) is 16.7 Å². The maximum atomic E-state index is 12.9. The van der Waals surface area contributed by atoms with Crippen molar-refractivity contribution in [1.82, 2.24) is 4.57 Å². The molecule has 28 heavy (non-hydrogen) atoms. The first-order valence-electron chi connectivity index (χ1n) is 8.42. The van der Waals surface area contributed by atoms with Crippen molar-refractivity contribution in [2.24, 2.45) is 4.99 Å². The van der Waals surface area contributed by atoms with Gasteiger partial charge in [0.05, 0.1) is 22.4 Å². The molecule has 9 heteroatoms. The third-order valence-electron chi connectivity index (χ3n) is 3.94. The van der Waals surface area contributed by atoms with Crippen LogP contribution in [0.2, 0.25) is 5.02 Å². The zero-order valence-corrected chi connectivity index (χ0v) is 16.4. The molecule has 0 N–H and O–H groups in total. The lowest BCUT2D eigenvalue weighted by Gasteiger charge is -2.07. The second kappa shape index (κ2) is 8.46. The number of hydrogen-bond acceptors (Lipinski definition) is 3. The lowest BCUT2D eigenvalue weighted by Crippen LogP contribution is -2.20. The first kappa shape index (κ1) is 20.6. The number of amides is 1. The number of fused-ring (bicyclic) bond motifs is 1. The number of hydrogen-bond donors (Lipinski definition) is 0. The summed E-state index contributed by atoms with van der Waals surface area (Å²) in [7, 11) is 0. The molecular formula is C19H16ClF3N2O2S. The van der Waals surface area contributed by atoms with E-state index in [4.69, 9.17) is 16.3 Å². The zero-order valence-electron chi connectivity index (χ0n) is 14.8. The highest BCUT2D eigenvalue weighted by atomic mass is 35.5. The fraction of sp³-hybridized carbons (Fsp3) is 0.263. The van der Waals surface area contributed by atoms with Crippen LogP contribution < -0.4 is 4.80 Å². The Hall–Kier alpha value is -2.16. The SMILES string of the molecule is CCOCCn1c(=NC(=O)c2cccc(C(F)(F)F)c2)sc2cc(Cl)ccc21. The highest BCUT2D eigenvalue weighted by molar-refractivity contribution is 7.16. The van der Waals surface area contributed by atoms with Gasteiger partial charge in [-0.15, -0.1) is 0 Å². The highest BCUT2D eigenvalue weighted by Gasteiger charge is 2.30. The Labute approximate surface area is 167 Å². The van der Waals surface area contributed by atoms with Gasteiger partial charge < -0.3 is 9.30 Å². The summed E-state index contributed by atoms with van der Waals surface area (Å²) in [6.07, 6.45) is -4.53. The molecule has 1 aromatic heterocycles. The van der Waals surface area contributed by atoms with Crippen LogP contribution in [0, 0.1) is 0 Å². The van der Waals surface area contributed by atoms with Gasteiger partial charge in [-0.1, -0.05) is 29.0 Å². The van der Waals surface area contributed by atoms with E-state index in [1.165, 1.54) is 23.5 Å². The van der Waals surface area contributed by atoms with E-state index in [0.29, 0.717) is 29.6 Å². The molecule has 3 aromatic rings. The van der Waals surface area contributed by atoms with Crippen molar-refractivity contribution in [2.75, 3.05) is 13.2 Å². The van der Waals surface area contributed by atoms with Gasteiger partial charge in [0.25, 0.3) is 5.91 Å². The maximum Gasteiger partial charge on any atom is 0.416 e. The predicted molar refractivity (Wildman–Crippen MR) is 103 cm³/mol. The van der Waals surface area contributed by atoms with Gasteiger partial charge in [-0.3, -0.25) is 4.79 Å². The van der Waals surface area contributed by atoms with Gasteiger partial charge in [0.15, 0.2) is 4.80 Å². The average Bonchev–Trinajstić information content (AvgIpc) is 2.97. The van der Waals surface area contributed by atoms with Gasteiger partial charge >= 0.3 is 6.18 Å². The average molecular weight is 429 g/mol. The van der Waals surface area contributed by atoms with E-state index in [9.17, 15) is 18.0 Å². The summed E-state index contributed by atoms with van der Waals surface area (Å²) in [5, 5.41) is 0.543. The first-order valence-corrected chi connectivity index (χ1v) is 9.62. The monoisotopic (exact) mass is 428 g/mol. The van der Waals surface area contributed by atoms with Crippen molar-refractivity contribution in [1.29, 1.82) is 0 Å². The smallest absolute Gasteiger partial charge is 0.380 e. The first-order chi connectivity index (χ1) is 13.3. The summed E-state index contributed by atoms with van der Waals surface area (Å²) in [5.74, 6) is -0.742. The van der Waals surface area contributed by atoms with Crippen molar-refractivity contribution in [3.05, 3.63) is 63.4 Å². The van der Waals surface area contributed by atoms with Crippen LogP contribution in [0.25, 0.3) is 10.2 Å². The Morgan fingerprint density at radius 3 is 2.75 bits per heavy atom. The Morgan fingerprint density at radius 1 is 1.25 bits per heavy atom. The predicted octanol–water partition coefficient (Wildman–Crippen LogP) is 5.15. The van der Waals surface area contributed by atoms with Gasteiger partial charge in [-0.05, 0) is 43.3 Å². The molecule has 0 bridgehead atoms. The van der Waals surface area contributed by atoms with Crippen LogP contribution in [-0.2, 0) is 17.5 Å². The van der Waals surface area contributed by atoms with Crippen LogP contribution >= 0.6 is 22.9 Å². The molecular weight excluding hydrogens is 413 g/mol. The number of rotatable bonds is 5. The topological polar surface area (TPSA) is 43.6 Å². The van der Waals surface area contributed by atoms with Crippen LogP contribution in [0.15, 0.2) is 47.5 Å². The fourth-order valence-corrected chi connectivity index (χ4v) is 3.96. The standard InChI is InChI=1S/C19H16ClF3N2O2S/c1-2-27-9-8-25-15-7-6-14(20)11-16(15)28-18(25)24-17(26)12-4-3-5-13(10-12)19(21,22)23/h3-7,10-11H,2,8-9H2,1H3. The highest BCUT2D eigenvalue weighted by Crippen LogP contribution is 2.29. The molecule has 0 saturated carbocycles. The molecule has 4 nitrogen and oxygen atoms in total. The van der Waals surface area contributed by atoms with Crippen LogP contribution in [0.5, 0.6) is 0 Å². The van der Waals surface area contributed by atoms with Crippen molar-refractivity contribution in [2.45, 2.75) is 19.6 Å². The van der Waals surface area contributed by atoms with Crippen molar-refractivity contribution < 1.29 is 22.7 Å². The fourth-order valence-electron chi connectivity index (χ4n) is 2.63. The Bertz CT molecular complexity index is 1070. The zero-order chi connectivity index (χ0) is 20.3. The maximum absolute atomic E-state index is 12.9. The molecule has 0 radical (unpaired) electrons. The molecule has 0 atom stereocenters.